The van der Waals surface area contributed by atoms with Gasteiger partial charge in [-0.2, -0.15) is 0 Å². The van der Waals surface area contributed by atoms with E-state index in [2.05, 4.69) is 33.8 Å². The lowest BCUT2D eigenvalue weighted by Crippen LogP contribution is -2.46. The van der Waals surface area contributed by atoms with Crippen molar-refractivity contribution in [3.63, 3.8) is 0 Å². The molecule has 1 saturated heterocycles. The molecule has 118 valence electrons. The monoisotopic (exact) mass is 317 g/mol. The molecule has 5 heteroatoms. The van der Waals surface area contributed by atoms with Crippen molar-refractivity contribution in [2.75, 3.05) is 33.3 Å². The van der Waals surface area contributed by atoms with Crippen LogP contribution in [0.2, 0.25) is 0 Å². The van der Waals surface area contributed by atoms with E-state index in [0.717, 1.165) is 38.5 Å². The number of ether oxygens (including phenoxy) is 1. The quantitative estimate of drug-likeness (QED) is 0.847. The van der Waals surface area contributed by atoms with Crippen LogP contribution >= 0.6 is 11.3 Å². The van der Waals surface area contributed by atoms with E-state index in [-0.39, 0.29) is 0 Å². The number of nitrogens with zero attached hydrogens (tertiary/aromatic N) is 3. The van der Waals surface area contributed by atoms with Gasteiger partial charge in [-0.05, 0) is 13.0 Å². The summed E-state index contributed by atoms with van der Waals surface area (Å²) in [6.07, 6.45) is 1.98. The fourth-order valence-corrected chi connectivity index (χ4v) is 3.69. The summed E-state index contributed by atoms with van der Waals surface area (Å²) in [5.74, 6) is 0.988. The Morgan fingerprint density at radius 1 is 1.23 bits per heavy atom. The Labute approximate surface area is 136 Å². The highest BCUT2D eigenvalue weighted by molar-refractivity contribution is 7.09. The summed E-state index contributed by atoms with van der Waals surface area (Å²) in [4.78, 5) is 10.6. The molecular weight excluding hydrogens is 294 g/mol. The van der Waals surface area contributed by atoms with E-state index >= 15 is 0 Å². The topological polar surface area (TPSA) is 28.6 Å². The van der Waals surface area contributed by atoms with E-state index in [1.165, 1.54) is 10.4 Å². The van der Waals surface area contributed by atoms with E-state index in [4.69, 9.17) is 4.74 Å². The average molecular weight is 317 g/mol. The summed E-state index contributed by atoms with van der Waals surface area (Å²) < 4.78 is 5.51. The zero-order valence-corrected chi connectivity index (χ0v) is 14.1. The molecule has 4 nitrogen and oxygen atoms in total. The molecule has 1 aliphatic heterocycles. The van der Waals surface area contributed by atoms with Gasteiger partial charge in [0.25, 0.3) is 0 Å². The number of aromatic nitrogens is 1. The Kier molecular flexibility index (Phi) is 5.08. The zero-order valence-electron chi connectivity index (χ0n) is 13.2. The van der Waals surface area contributed by atoms with Crippen LogP contribution in [0.25, 0.3) is 0 Å². The number of methoxy groups -OCH3 is 1. The van der Waals surface area contributed by atoms with Gasteiger partial charge in [-0.15, -0.1) is 11.3 Å². The van der Waals surface area contributed by atoms with Gasteiger partial charge in [-0.1, -0.05) is 18.2 Å². The van der Waals surface area contributed by atoms with Crippen molar-refractivity contribution >= 4 is 11.3 Å². The molecule has 0 bridgehead atoms. The highest BCUT2D eigenvalue weighted by Crippen LogP contribution is 2.29. The summed E-state index contributed by atoms with van der Waals surface area (Å²) in [6, 6.07) is 8.73. The summed E-state index contributed by atoms with van der Waals surface area (Å²) in [5, 5.41) is 0. The molecule has 1 atom stereocenters. The predicted molar refractivity (Wildman–Crippen MR) is 90.4 cm³/mol. The summed E-state index contributed by atoms with van der Waals surface area (Å²) in [7, 11) is 1.75. The minimum Gasteiger partial charge on any atom is -0.496 e. The fraction of sp³-hybridized carbons (Fsp3) is 0.471. The van der Waals surface area contributed by atoms with Crippen LogP contribution in [0, 0.1) is 0 Å². The molecule has 1 unspecified atom stereocenters. The van der Waals surface area contributed by atoms with E-state index < -0.39 is 0 Å². The highest BCUT2D eigenvalue weighted by atomic mass is 32.1. The molecule has 0 N–H and O–H groups in total. The third-order valence-corrected chi connectivity index (χ3v) is 5.17. The number of para-hydroxylation sites is 1. The third-order valence-electron chi connectivity index (χ3n) is 4.41. The van der Waals surface area contributed by atoms with Crippen LogP contribution in [0.4, 0.5) is 0 Å². The van der Waals surface area contributed by atoms with Gasteiger partial charge in [-0.3, -0.25) is 14.8 Å². The van der Waals surface area contributed by atoms with Crippen molar-refractivity contribution in [2.45, 2.75) is 19.5 Å². The number of rotatable bonds is 5. The van der Waals surface area contributed by atoms with Gasteiger partial charge in [0.1, 0.15) is 5.75 Å². The smallest absolute Gasteiger partial charge is 0.123 e. The van der Waals surface area contributed by atoms with Gasteiger partial charge in [-0.25, -0.2) is 0 Å². The van der Waals surface area contributed by atoms with Crippen molar-refractivity contribution in [1.29, 1.82) is 0 Å². The first-order chi connectivity index (χ1) is 10.8. The van der Waals surface area contributed by atoms with Gasteiger partial charge in [0.15, 0.2) is 0 Å². The Hall–Kier alpha value is -1.43. The number of thiazole rings is 1. The minimum atomic E-state index is 0.390. The maximum Gasteiger partial charge on any atom is 0.123 e. The maximum absolute atomic E-state index is 5.51. The predicted octanol–water partition coefficient (Wildman–Crippen LogP) is 3.03. The molecule has 22 heavy (non-hydrogen) atoms. The first kappa shape index (κ1) is 15.5. The van der Waals surface area contributed by atoms with Crippen molar-refractivity contribution in [1.82, 2.24) is 14.8 Å². The molecule has 2 aromatic rings. The normalized spacial score (nSPS) is 18.3. The Morgan fingerprint density at radius 2 is 2.00 bits per heavy atom. The lowest BCUT2D eigenvalue weighted by Gasteiger charge is -2.38. The Balaban J connectivity index is 1.58. The molecule has 0 saturated carbocycles. The van der Waals surface area contributed by atoms with Gasteiger partial charge in [0.2, 0.25) is 0 Å². The van der Waals surface area contributed by atoms with Crippen molar-refractivity contribution in [3.8, 4) is 5.75 Å². The standard InChI is InChI=1S/C17H23N3OS/c1-14(16-5-3-4-6-17(16)21-2)20-9-7-19(8-10-20)12-15-11-18-13-22-15/h3-6,11,13-14H,7-10,12H2,1-2H3. The third kappa shape index (κ3) is 3.48. The Bertz CT molecular complexity index is 579. The van der Waals surface area contributed by atoms with E-state index in [0.29, 0.717) is 6.04 Å². The van der Waals surface area contributed by atoms with Crippen LogP contribution in [0.5, 0.6) is 5.75 Å². The molecule has 3 rings (SSSR count). The largest absolute Gasteiger partial charge is 0.496 e. The molecule has 1 aromatic carbocycles. The molecule has 1 aliphatic rings. The SMILES string of the molecule is COc1ccccc1C(C)N1CCN(Cc2cncs2)CC1. The van der Waals surface area contributed by atoms with Crippen LogP contribution in [0.3, 0.4) is 0 Å². The van der Waals surface area contributed by atoms with E-state index in [1.54, 1.807) is 18.4 Å². The number of hydrogen-bond acceptors (Lipinski definition) is 5. The number of hydrogen-bond donors (Lipinski definition) is 0. The zero-order chi connectivity index (χ0) is 15.4. The second kappa shape index (κ2) is 7.22. The molecule has 1 fully saturated rings. The van der Waals surface area contributed by atoms with Gasteiger partial charge < -0.3 is 4.74 Å². The Morgan fingerprint density at radius 3 is 2.68 bits per heavy atom. The molecule has 0 aliphatic carbocycles. The average Bonchev–Trinajstić information content (AvgIpc) is 3.08. The lowest BCUT2D eigenvalue weighted by atomic mass is 10.0. The second-order valence-corrected chi connectivity index (χ2v) is 6.67. The first-order valence-electron chi connectivity index (χ1n) is 7.74. The van der Waals surface area contributed by atoms with Gasteiger partial charge >= 0.3 is 0 Å². The van der Waals surface area contributed by atoms with Crippen molar-refractivity contribution in [3.05, 3.63) is 46.4 Å². The second-order valence-electron chi connectivity index (χ2n) is 5.70. The van der Waals surface area contributed by atoms with Crippen LogP contribution in [0.1, 0.15) is 23.4 Å². The van der Waals surface area contributed by atoms with E-state index in [1.807, 2.05) is 23.8 Å². The molecular formula is C17H23N3OS. The minimum absolute atomic E-state index is 0.390. The molecule has 2 heterocycles. The highest BCUT2D eigenvalue weighted by Gasteiger charge is 2.23. The lowest BCUT2D eigenvalue weighted by molar-refractivity contribution is 0.0974. The molecule has 1 aromatic heterocycles. The van der Waals surface area contributed by atoms with Gasteiger partial charge in [0, 0.05) is 55.4 Å². The van der Waals surface area contributed by atoms with Crippen LogP contribution in [-0.4, -0.2) is 48.1 Å². The summed E-state index contributed by atoms with van der Waals surface area (Å²) in [5.41, 5.74) is 3.19. The van der Waals surface area contributed by atoms with E-state index in [9.17, 15) is 0 Å². The fourth-order valence-electron chi connectivity index (χ4n) is 3.06. The molecule has 0 radical (unpaired) electrons. The molecule has 0 spiro atoms. The maximum atomic E-state index is 5.51. The summed E-state index contributed by atoms with van der Waals surface area (Å²) in [6.45, 7) is 7.71. The number of piperazine rings is 1. The van der Waals surface area contributed by atoms with Crippen molar-refractivity contribution in [2.24, 2.45) is 0 Å². The summed E-state index contributed by atoms with van der Waals surface area (Å²) >= 11 is 1.74. The van der Waals surface area contributed by atoms with Gasteiger partial charge in [0.05, 0.1) is 12.6 Å². The molecule has 0 amide bonds. The van der Waals surface area contributed by atoms with Crippen LogP contribution < -0.4 is 4.74 Å². The first-order valence-corrected chi connectivity index (χ1v) is 8.62. The van der Waals surface area contributed by atoms with Crippen LogP contribution in [-0.2, 0) is 6.54 Å². The number of benzene rings is 1. The van der Waals surface area contributed by atoms with Crippen molar-refractivity contribution < 1.29 is 4.74 Å². The van der Waals surface area contributed by atoms with Crippen LogP contribution in [0.15, 0.2) is 36.0 Å².